The Hall–Kier alpha value is -2.10. The molecule has 0 spiro atoms. The Labute approximate surface area is 107 Å². The maximum absolute atomic E-state index is 9.40. The Balaban J connectivity index is 0.000000771. The van der Waals surface area contributed by atoms with Crippen LogP contribution in [0.1, 0.15) is 19.5 Å². The second-order valence-electron chi connectivity index (χ2n) is 3.43. The summed E-state index contributed by atoms with van der Waals surface area (Å²) in [5.41, 5.74) is 2.40. The number of aromatic nitrogens is 2. The molecule has 0 saturated heterocycles. The Morgan fingerprint density at radius 2 is 1.83 bits per heavy atom. The number of aryl methyl sites for hydroxylation is 1. The van der Waals surface area contributed by atoms with E-state index >= 15 is 0 Å². The highest BCUT2D eigenvalue weighted by molar-refractivity contribution is 5.61. The van der Waals surface area contributed by atoms with Crippen molar-refractivity contribution in [3.05, 3.63) is 36.0 Å². The molecule has 0 radical (unpaired) electrons. The predicted octanol–water partition coefficient (Wildman–Crippen LogP) is 3.19. The van der Waals surface area contributed by atoms with E-state index in [2.05, 4.69) is 9.97 Å². The topological polar surface area (TPSA) is 55.2 Å². The maximum atomic E-state index is 9.40. The molecule has 0 fully saturated rings. The Morgan fingerprint density at radius 1 is 1.11 bits per heavy atom. The van der Waals surface area contributed by atoms with Gasteiger partial charge in [-0.15, -0.1) is 0 Å². The van der Waals surface area contributed by atoms with Crippen LogP contribution in [0.3, 0.4) is 0 Å². The monoisotopic (exact) mass is 246 g/mol. The number of ether oxygens (including phenoxy) is 1. The molecule has 1 aromatic carbocycles. The van der Waals surface area contributed by atoms with Crippen molar-refractivity contribution >= 4 is 0 Å². The highest BCUT2D eigenvalue weighted by atomic mass is 16.5. The van der Waals surface area contributed by atoms with Gasteiger partial charge in [0.15, 0.2) is 0 Å². The van der Waals surface area contributed by atoms with Crippen LogP contribution in [0.25, 0.3) is 11.3 Å². The summed E-state index contributed by atoms with van der Waals surface area (Å²) < 4.78 is 5.00. The number of phenolic OH excluding ortho intramolecular Hbond substituents is 1. The van der Waals surface area contributed by atoms with Gasteiger partial charge in [-0.25, -0.2) is 4.98 Å². The minimum Gasteiger partial charge on any atom is -0.508 e. The lowest BCUT2D eigenvalue weighted by Crippen LogP contribution is -1.95. The van der Waals surface area contributed by atoms with Crippen LogP contribution < -0.4 is 4.74 Å². The summed E-state index contributed by atoms with van der Waals surface area (Å²) in [5.74, 6) is 0.215. The van der Waals surface area contributed by atoms with Crippen LogP contribution in [0.2, 0.25) is 0 Å². The van der Waals surface area contributed by atoms with E-state index in [0.717, 1.165) is 17.0 Å². The zero-order valence-electron chi connectivity index (χ0n) is 11.1. The summed E-state index contributed by atoms with van der Waals surface area (Å²) in [7, 11) is 1.53. The molecule has 0 aliphatic carbocycles. The van der Waals surface area contributed by atoms with Gasteiger partial charge in [0.2, 0.25) is 0 Å². The average molecular weight is 246 g/mol. The van der Waals surface area contributed by atoms with Crippen LogP contribution >= 0.6 is 0 Å². The third kappa shape index (κ3) is 3.45. The summed E-state index contributed by atoms with van der Waals surface area (Å²) in [6, 6.07) is 9.10. The fraction of sp³-hybridized carbons (Fsp3) is 0.286. The molecule has 1 heterocycles. The van der Waals surface area contributed by atoms with E-state index < -0.39 is 0 Å². The molecule has 2 aromatic rings. The first kappa shape index (κ1) is 14.0. The standard InChI is InChI=1S/C12H12N2O2.C2H6/c1-8-6-11(14-12(13-8)16-2)9-4-3-5-10(15)7-9;1-2/h3-7,15H,1-2H3;1-2H3. The molecule has 0 aliphatic heterocycles. The summed E-state index contributed by atoms with van der Waals surface area (Å²) in [6.45, 7) is 5.87. The van der Waals surface area contributed by atoms with Gasteiger partial charge in [-0.3, -0.25) is 0 Å². The maximum Gasteiger partial charge on any atom is 0.316 e. The minimum absolute atomic E-state index is 0.215. The van der Waals surface area contributed by atoms with E-state index in [4.69, 9.17) is 4.74 Å². The smallest absolute Gasteiger partial charge is 0.316 e. The molecule has 4 heteroatoms. The first-order chi connectivity index (χ1) is 8.69. The van der Waals surface area contributed by atoms with Crippen molar-refractivity contribution < 1.29 is 9.84 Å². The number of phenols is 1. The van der Waals surface area contributed by atoms with Gasteiger partial charge in [-0.05, 0) is 25.1 Å². The molecule has 1 N–H and O–H groups in total. The molecule has 4 nitrogen and oxygen atoms in total. The number of hydrogen-bond acceptors (Lipinski definition) is 4. The molecule has 18 heavy (non-hydrogen) atoms. The normalized spacial score (nSPS) is 9.33. The van der Waals surface area contributed by atoms with Crippen molar-refractivity contribution in [2.75, 3.05) is 7.11 Å². The van der Waals surface area contributed by atoms with Crippen LogP contribution in [-0.2, 0) is 0 Å². The fourth-order valence-corrected chi connectivity index (χ4v) is 1.45. The van der Waals surface area contributed by atoms with Crippen LogP contribution in [0, 0.1) is 6.92 Å². The van der Waals surface area contributed by atoms with E-state index in [0.29, 0.717) is 6.01 Å². The molecule has 1 aromatic heterocycles. The van der Waals surface area contributed by atoms with Crippen LogP contribution in [0.15, 0.2) is 30.3 Å². The average Bonchev–Trinajstić information content (AvgIpc) is 2.40. The van der Waals surface area contributed by atoms with Gasteiger partial charge in [0.1, 0.15) is 5.75 Å². The fourth-order valence-electron chi connectivity index (χ4n) is 1.45. The van der Waals surface area contributed by atoms with Crippen molar-refractivity contribution in [2.45, 2.75) is 20.8 Å². The molecule has 0 atom stereocenters. The molecular weight excluding hydrogens is 228 g/mol. The van der Waals surface area contributed by atoms with Crippen LogP contribution in [0.5, 0.6) is 11.8 Å². The summed E-state index contributed by atoms with van der Waals surface area (Å²) >= 11 is 0. The van der Waals surface area contributed by atoms with E-state index in [9.17, 15) is 5.11 Å². The molecule has 96 valence electrons. The van der Waals surface area contributed by atoms with Gasteiger partial charge in [0.25, 0.3) is 0 Å². The number of nitrogens with zero attached hydrogens (tertiary/aromatic N) is 2. The van der Waals surface area contributed by atoms with E-state index in [1.54, 1.807) is 18.2 Å². The lowest BCUT2D eigenvalue weighted by Gasteiger charge is -2.05. The van der Waals surface area contributed by atoms with Gasteiger partial charge < -0.3 is 9.84 Å². The van der Waals surface area contributed by atoms with Gasteiger partial charge >= 0.3 is 6.01 Å². The van der Waals surface area contributed by atoms with Crippen molar-refractivity contribution in [3.63, 3.8) is 0 Å². The quantitative estimate of drug-likeness (QED) is 0.884. The molecule has 0 saturated carbocycles. The SMILES string of the molecule is CC.COc1nc(C)cc(-c2cccc(O)c2)n1. The zero-order valence-corrected chi connectivity index (χ0v) is 11.1. The lowest BCUT2D eigenvalue weighted by molar-refractivity contribution is 0.379. The van der Waals surface area contributed by atoms with E-state index in [1.807, 2.05) is 32.9 Å². The van der Waals surface area contributed by atoms with Crippen molar-refractivity contribution in [2.24, 2.45) is 0 Å². The van der Waals surface area contributed by atoms with Crippen molar-refractivity contribution in [1.82, 2.24) is 9.97 Å². The highest BCUT2D eigenvalue weighted by Crippen LogP contribution is 2.23. The minimum atomic E-state index is 0.215. The summed E-state index contributed by atoms with van der Waals surface area (Å²) in [5, 5.41) is 9.40. The van der Waals surface area contributed by atoms with Gasteiger partial charge in [0, 0.05) is 11.3 Å². The van der Waals surface area contributed by atoms with Crippen LogP contribution in [-0.4, -0.2) is 22.2 Å². The molecule has 0 unspecified atom stereocenters. The first-order valence-corrected chi connectivity index (χ1v) is 5.88. The van der Waals surface area contributed by atoms with Crippen LogP contribution in [0.4, 0.5) is 0 Å². The molecular formula is C14H18N2O2. The first-order valence-electron chi connectivity index (χ1n) is 5.88. The second-order valence-corrected chi connectivity index (χ2v) is 3.43. The van der Waals surface area contributed by atoms with Gasteiger partial charge in [-0.2, -0.15) is 4.98 Å². The predicted molar refractivity (Wildman–Crippen MR) is 71.8 cm³/mol. The second kappa shape index (κ2) is 6.59. The highest BCUT2D eigenvalue weighted by Gasteiger charge is 2.05. The number of hydrogen-bond donors (Lipinski definition) is 1. The lowest BCUT2D eigenvalue weighted by atomic mass is 10.1. The Bertz CT molecular complexity index is 513. The molecule has 2 rings (SSSR count). The van der Waals surface area contributed by atoms with E-state index in [1.165, 1.54) is 7.11 Å². The Morgan fingerprint density at radius 3 is 2.44 bits per heavy atom. The molecule has 0 aliphatic rings. The number of methoxy groups -OCH3 is 1. The Kier molecular flexibility index (Phi) is 5.11. The zero-order chi connectivity index (χ0) is 13.5. The number of benzene rings is 1. The number of aromatic hydroxyl groups is 1. The molecule has 0 amide bonds. The third-order valence-corrected chi connectivity index (χ3v) is 2.16. The molecule has 0 bridgehead atoms. The summed E-state index contributed by atoms with van der Waals surface area (Å²) in [4.78, 5) is 8.32. The van der Waals surface area contributed by atoms with Crippen molar-refractivity contribution in [3.8, 4) is 23.0 Å². The van der Waals surface area contributed by atoms with Gasteiger partial charge in [0.05, 0.1) is 12.8 Å². The van der Waals surface area contributed by atoms with Crippen molar-refractivity contribution in [1.29, 1.82) is 0 Å². The summed E-state index contributed by atoms with van der Waals surface area (Å²) in [6.07, 6.45) is 0. The third-order valence-electron chi connectivity index (χ3n) is 2.16. The number of rotatable bonds is 2. The largest absolute Gasteiger partial charge is 0.508 e. The van der Waals surface area contributed by atoms with E-state index in [-0.39, 0.29) is 5.75 Å². The van der Waals surface area contributed by atoms with Gasteiger partial charge in [-0.1, -0.05) is 26.0 Å².